The first-order chi connectivity index (χ1) is 6.61. The predicted octanol–water partition coefficient (Wildman–Crippen LogP) is 2.99. The van der Waals surface area contributed by atoms with Crippen LogP contribution in [-0.4, -0.2) is 12.2 Å². The van der Waals surface area contributed by atoms with Crippen molar-refractivity contribution in [2.75, 3.05) is 7.11 Å². The molecule has 0 aliphatic heterocycles. The molecule has 3 nitrogen and oxygen atoms in total. The number of hydrogen-bond acceptors (Lipinski definition) is 3. The molecule has 5 heteroatoms. The summed E-state index contributed by atoms with van der Waals surface area (Å²) in [6.07, 6.45) is 0.160. The quantitative estimate of drug-likeness (QED) is 0.911. The molecule has 0 atom stereocenters. The fraction of sp³-hybridized carbons (Fsp3) is 0.222. The number of methoxy groups -OCH3 is 1. The molecule has 0 saturated heterocycles. The van der Waals surface area contributed by atoms with Gasteiger partial charge in [-0.2, -0.15) is 5.26 Å². The molecule has 1 rings (SSSR count). The van der Waals surface area contributed by atoms with Crippen LogP contribution >= 0.6 is 31.9 Å². The van der Waals surface area contributed by atoms with Crippen LogP contribution in [0.15, 0.2) is 15.0 Å². The Hall–Kier alpha value is -0.730. The van der Waals surface area contributed by atoms with Crippen molar-refractivity contribution in [3.05, 3.63) is 20.6 Å². The fourth-order valence-electron chi connectivity index (χ4n) is 1.05. The van der Waals surface area contributed by atoms with Crippen LogP contribution in [0.3, 0.4) is 0 Å². The van der Waals surface area contributed by atoms with Gasteiger partial charge in [0.1, 0.15) is 10.2 Å². The van der Waals surface area contributed by atoms with Crippen molar-refractivity contribution in [3.63, 3.8) is 0 Å². The lowest BCUT2D eigenvalue weighted by Gasteiger charge is -2.10. The van der Waals surface area contributed by atoms with Gasteiger partial charge >= 0.3 is 0 Å². The molecule has 0 bridgehead atoms. The van der Waals surface area contributed by atoms with E-state index in [1.807, 2.05) is 6.07 Å². The van der Waals surface area contributed by atoms with Crippen LogP contribution in [-0.2, 0) is 6.42 Å². The maximum atomic E-state index is 9.67. The van der Waals surface area contributed by atoms with E-state index in [0.717, 1.165) is 0 Å². The van der Waals surface area contributed by atoms with Gasteiger partial charge in [0, 0.05) is 5.56 Å². The van der Waals surface area contributed by atoms with Crippen molar-refractivity contribution in [3.8, 4) is 17.6 Å². The van der Waals surface area contributed by atoms with E-state index in [9.17, 15) is 5.11 Å². The molecule has 0 aliphatic carbocycles. The first kappa shape index (κ1) is 11.3. The second kappa shape index (κ2) is 4.67. The van der Waals surface area contributed by atoms with Gasteiger partial charge in [-0.1, -0.05) is 0 Å². The van der Waals surface area contributed by atoms with Gasteiger partial charge in [0.15, 0.2) is 5.75 Å². The maximum Gasteiger partial charge on any atom is 0.150 e. The molecule has 14 heavy (non-hydrogen) atoms. The first-order valence-electron chi connectivity index (χ1n) is 3.72. The number of aromatic hydroxyl groups is 1. The minimum Gasteiger partial charge on any atom is -0.506 e. The molecular weight excluding hydrogens is 314 g/mol. The zero-order chi connectivity index (χ0) is 10.7. The number of nitriles is 1. The average Bonchev–Trinajstić information content (AvgIpc) is 2.15. The number of halogens is 2. The number of ether oxygens (including phenoxy) is 1. The minimum absolute atomic E-state index is 0.0478. The molecule has 0 spiro atoms. The van der Waals surface area contributed by atoms with Crippen LogP contribution in [0.5, 0.6) is 11.5 Å². The van der Waals surface area contributed by atoms with E-state index < -0.39 is 0 Å². The Bertz CT molecular complexity index is 399. The van der Waals surface area contributed by atoms with Crippen molar-refractivity contribution >= 4 is 31.9 Å². The van der Waals surface area contributed by atoms with E-state index in [1.165, 1.54) is 7.11 Å². The number of phenolic OH excluding ortho intramolecular Hbond substituents is 1. The molecule has 0 amide bonds. The zero-order valence-electron chi connectivity index (χ0n) is 7.34. The molecule has 1 N–H and O–H groups in total. The summed E-state index contributed by atoms with van der Waals surface area (Å²) in [5, 5.41) is 18.2. The summed E-state index contributed by atoms with van der Waals surface area (Å²) in [7, 11) is 1.51. The Morgan fingerprint density at radius 2 is 2.21 bits per heavy atom. The Balaban J connectivity index is 3.34. The maximum absolute atomic E-state index is 9.67. The fourth-order valence-corrected chi connectivity index (χ4v) is 2.58. The van der Waals surface area contributed by atoms with Crippen molar-refractivity contribution in [1.82, 2.24) is 0 Å². The summed E-state index contributed by atoms with van der Waals surface area (Å²) in [4.78, 5) is 0. The standard InChI is InChI=1S/C9H7Br2NO2/c1-14-9-6(10)4-5(2-3-12)8(13)7(9)11/h4,13H,2H2,1H3. The Morgan fingerprint density at radius 3 is 2.71 bits per heavy atom. The van der Waals surface area contributed by atoms with Crippen molar-refractivity contribution < 1.29 is 9.84 Å². The third-order valence-electron chi connectivity index (χ3n) is 1.70. The molecule has 1 aromatic carbocycles. The van der Waals surface area contributed by atoms with Crippen molar-refractivity contribution in [2.45, 2.75) is 6.42 Å². The smallest absolute Gasteiger partial charge is 0.150 e. The first-order valence-corrected chi connectivity index (χ1v) is 5.31. The molecule has 0 fully saturated rings. The number of hydrogen-bond donors (Lipinski definition) is 1. The summed E-state index contributed by atoms with van der Waals surface area (Å²) < 4.78 is 6.21. The van der Waals surface area contributed by atoms with Gasteiger partial charge in [0.25, 0.3) is 0 Å². The van der Waals surface area contributed by atoms with E-state index in [-0.39, 0.29) is 12.2 Å². The average molecular weight is 321 g/mol. The van der Waals surface area contributed by atoms with Crippen LogP contribution in [0.2, 0.25) is 0 Å². The molecule has 0 aromatic heterocycles. The van der Waals surface area contributed by atoms with Crippen molar-refractivity contribution in [2.24, 2.45) is 0 Å². The Labute approximate surface area is 98.6 Å². The van der Waals surface area contributed by atoms with E-state index in [1.54, 1.807) is 6.07 Å². The van der Waals surface area contributed by atoms with Gasteiger partial charge in [-0.3, -0.25) is 0 Å². The van der Waals surface area contributed by atoms with E-state index in [4.69, 9.17) is 10.00 Å². The van der Waals surface area contributed by atoms with Crippen LogP contribution < -0.4 is 4.74 Å². The van der Waals surface area contributed by atoms with E-state index in [0.29, 0.717) is 20.3 Å². The second-order valence-electron chi connectivity index (χ2n) is 2.55. The van der Waals surface area contributed by atoms with Gasteiger partial charge in [-0.05, 0) is 37.9 Å². The second-order valence-corrected chi connectivity index (χ2v) is 4.20. The Morgan fingerprint density at radius 1 is 1.57 bits per heavy atom. The van der Waals surface area contributed by atoms with Crippen LogP contribution in [0.25, 0.3) is 0 Å². The summed E-state index contributed by atoms with van der Waals surface area (Å²) in [5.74, 6) is 0.566. The summed E-state index contributed by atoms with van der Waals surface area (Å²) in [6.45, 7) is 0. The monoisotopic (exact) mass is 319 g/mol. The third kappa shape index (κ3) is 2.02. The summed E-state index contributed by atoms with van der Waals surface area (Å²) in [6, 6.07) is 3.64. The molecule has 0 heterocycles. The summed E-state index contributed by atoms with van der Waals surface area (Å²) in [5.41, 5.74) is 0.562. The topological polar surface area (TPSA) is 53.2 Å². The lowest BCUT2D eigenvalue weighted by atomic mass is 10.1. The minimum atomic E-state index is 0.0478. The van der Waals surface area contributed by atoms with Crippen LogP contribution in [0.4, 0.5) is 0 Å². The lowest BCUT2D eigenvalue weighted by molar-refractivity contribution is 0.400. The molecule has 0 aliphatic rings. The molecule has 74 valence electrons. The molecule has 0 unspecified atom stereocenters. The largest absolute Gasteiger partial charge is 0.506 e. The van der Waals surface area contributed by atoms with E-state index in [2.05, 4.69) is 31.9 Å². The highest BCUT2D eigenvalue weighted by atomic mass is 79.9. The molecule has 0 saturated carbocycles. The van der Waals surface area contributed by atoms with Gasteiger partial charge < -0.3 is 9.84 Å². The number of nitrogens with zero attached hydrogens (tertiary/aromatic N) is 1. The molecular formula is C9H7Br2NO2. The normalized spacial score (nSPS) is 9.57. The highest BCUT2D eigenvalue weighted by Gasteiger charge is 2.14. The number of rotatable bonds is 2. The lowest BCUT2D eigenvalue weighted by Crippen LogP contribution is -1.91. The van der Waals surface area contributed by atoms with Crippen LogP contribution in [0.1, 0.15) is 5.56 Å². The third-order valence-corrected chi connectivity index (χ3v) is 3.03. The summed E-state index contributed by atoms with van der Waals surface area (Å²) >= 11 is 6.48. The number of benzene rings is 1. The SMILES string of the molecule is COc1c(Br)cc(CC#N)c(O)c1Br. The highest BCUT2D eigenvalue weighted by molar-refractivity contribution is 9.11. The molecule has 0 radical (unpaired) electrons. The van der Waals surface area contributed by atoms with E-state index >= 15 is 0 Å². The predicted molar refractivity (Wildman–Crippen MR) is 59.4 cm³/mol. The van der Waals surface area contributed by atoms with Gasteiger partial charge in [0.2, 0.25) is 0 Å². The van der Waals surface area contributed by atoms with Gasteiger partial charge in [-0.25, -0.2) is 0 Å². The van der Waals surface area contributed by atoms with Crippen molar-refractivity contribution in [1.29, 1.82) is 5.26 Å². The number of phenols is 1. The molecule has 1 aromatic rings. The van der Waals surface area contributed by atoms with Gasteiger partial charge in [0.05, 0.1) is 24.1 Å². The zero-order valence-corrected chi connectivity index (χ0v) is 10.5. The highest BCUT2D eigenvalue weighted by Crippen LogP contribution is 2.41. The van der Waals surface area contributed by atoms with Gasteiger partial charge in [-0.15, -0.1) is 0 Å². The Kier molecular flexibility index (Phi) is 3.78. The van der Waals surface area contributed by atoms with Crippen LogP contribution in [0, 0.1) is 11.3 Å².